The Morgan fingerprint density at radius 2 is 1.09 bits per heavy atom. The third kappa shape index (κ3) is 24.6. The number of rotatable bonds is 28. The number of aliphatic carboxylic acids is 6. The molecule has 77 heavy (non-hydrogen) atoms. The van der Waals surface area contributed by atoms with Crippen LogP contribution in [-0.2, 0) is 49.6 Å². The molecule has 2 aromatic carbocycles. The molecule has 1 saturated heterocycles. The van der Waals surface area contributed by atoms with E-state index in [0.717, 1.165) is 22.0 Å². The molecule has 4 rings (SSSR count). The van der Waals surface area contributed by atoms with Crippen molar-refractivity contribution in [3.8, 4) is 0 Å². The van der Waals surface area contributed by atoms with E-state index in [0.29, 0.717) is 45.3 Å². The fourth-order valence-electron chi connectivity index (χ4n) is 9.31. The molecule has 1 aliphatic heterocycles. The van der Waals surface area contributed by atoms with Crippen LogP contribution in [0.1, 0.15) is 63.4 Å². The van der Waals surface area contributed by atoms with E-state index in [1.807, 2.05) is 41.3 Å². The molecule has 0 unspecified atom stereocenters. The molecule has 0 aromatic heterocycles. The van der Waals surface area contributed by atoms with Gasteiger partial charge in [-0.05, 0) is 74.3 Å². The number of unbranched alkanes of at least 4 members (excludes halogenated alkanes) is 1. The van der Waals surface area contributed by atoms with Crippen molar-refractivity contribution in [2.45, 2.75) is 82.3 Å². The number of urea groups is 1. The van der Waals surface area contributed by atoms with Gasteiger partial charge in [0.25, 0.3) is 0 Å². The Hall–Kier alpha value is -5.84. The molecule has 0 bridgehead atoms. The fourth-order valence-corrected chi connectivity index (χ4v) is 9.31. The van der Waals surface area contributed by atoms with Crippen molar-refractivity contribution in [3.05, 3.63) is 42.0 Å². The number of hydrogen-bond acceptors (Lipinski definition) is 15. The average molecular weight is 1300 g/mol. The number of carbonyl (C=O) groups is 10. The van der Waals surface area contributed by atoms with Crippen molar-refractivity contribution in [3.63, 3.8) is 0 Å². The van der Waals surface area contributed by atoms with E-state index >= 15 is 0 Å². The summed E-state index contributed by atoms with van der Waals surface area (Å²) in [7, 11) is 1.78. The van der Waals surface area contributed by atoms with Gasteiger partial charge in [0, 0.05) is 142 Å². The maximum Gasteiger partial charge on any atom is 0.326 e. The Bertz CT molecular complexity index is 2310. The Kier molecular flexibility index (Phi) is 29.0. The summed E-state index contributed by atoms with van der Waals surface area (Å²) in [5.41, 5.74) is 1.60. The number of nitrogens with zero attached hydrogens (tertiary/aromatic N) is 4. The van der Waals surface area contributed by atoms with Gasteiger partial charge >= 0.3 is 41.8 Å². The average Bonchev–Trinajstić information content (AvgIpc) is 3.36. The van der Waals surface area contributed by atoms with E-state index in [4.69, 9.17) is 5.11 Å². The van der Waals surface area contributed by atoms with Crippen LogP contribution in [0.15, 0.2) is 36.4 Å². The van der Waals surface area contributed by atoms with Crippen LogP contribution in [0.2, 0.25) is 0 Å². The van der Waals surface area contributed by atoms with E-state index in [1.165, 1.54) is 0 Å². The predicted octanol–water partition coefficient (Wildman–Crippen LogP) is -0.336. The summed E-state index contributed by atoms with van der Waals surface area (Å²) in [5.74, 6) is -8.72. The molecule has 1 saturated carbocycles. The van der Waals surface area contributed by atoms with E-state index in [2.05, 4.69) is 31.9 Å². The molecular weight excluding hydrogens is 1220 g/mol. The normalized spacial score (nSPS) is 18.3. The van der Waals surface area contributed by atoms with Gasteiger partial charge < -0.3 is 62.5 Å². The van der Waals surface area contributed by atoms with Crippen LogP contribution in [0.4, 0.5) is 10.5 Å². The van der Waals surface area contributed by atoms with Crippen LogP contribution in [0.3, 0.4) is 0 Å². The van der Waals surface area contributed by atoms with Gasteiger partial charge in [-0.1, -0.05) is 30.3 Å². The third-order valence-corrected chi connectivity index (χ3v) is 13.5. The maximum atomic E-state index is 13.9. The molecule has 12 N–H and O–H groups in total. The van der Waals surface area contributed by atoms with E-state index in [1.54, 1.807) is 21.7 Å². The van der Waals surface area contributed by atoms with Crippen LogP contribution in [0.25, 0.3) is 10.8 Å². The second-order valence-electron chi connectivity index (χ2n) is 19.3. The fraction of sp³-hybridized carbons (Fsp3) is 0.600. The number of carbonyl (C=O) groups excluding carboxylic acids is 4. The SMILES string of the molecule is CNc1cc(C[C@@H](NC(=O)C2CCC(CNC(=O)CN3CCN(CC(=O)O)CCN(CC(=O)O)CCN(CC(=O)O)CC3)CC2)C(=O)NCCCC[C@H](NC(=O)N[C@@H](CCC(=O)O)C(=O)O)C(=O)O)cc2ccccc12.[227Th]. The molecule has 26 nitrogen and oxygen atoms in total. The van der Waals surface area contributed by atoms with E-state index < -0.39 is 84.6 Å². The van der Waals surface area contributed by atoms with Gasteiger partial charge in [-0.2, -0.15) is 0 Å². The zero-order chi connectivity index (χ0) is 55.7. The number of anilines is 1. The summed E-state index contributed by atoms with van der Waals surface area (Å²) in [5, 5.41) is 74.6. The van der Waals surface area contributed by atoms with E-state index in [9.17, 15) is 73.5 Å². The van der Waals surface area contributed by atoms with Gasteiger partial charge in [0.1, 0.15) is 18.1 Å². The monoisotopic (exact) mass is 1300 g/mol. The Labute approximate surface area is 478 Å². The summed E-state index contributed by atoms with van der Waals surface area (Å²) in [4.78, 5) is 130. The topological polar surface area (TPSA) is 377 Å². The minimum atomic E-state index is -1.56. The second-order valence-corrected chi connectivity index (χ2v) is 19.3. The number of carboxylic acids is 6. The number of fused-ring (bicyclic) bond motifs is 1. The second kappa shape index (κ2) is 34.1. The van der Waals surface area contributed by atoms with Gasteiger partial charge in [0.05, 0.1) is 26.2 Å². The molecule has 1 aliphatic carbocycles. The van der Waals surface area contributed by atoms with Gasteiger partial charge in [0.2, 0.25) is 17.7 Å². The van der Waals surface area contributed by atoms with E-state index in [-0.39, 0.29) is 155 Å². The molecule has 3 atom stereocenters. The van der Waals surface area contributed by atoms with Crippen molar-refractivity contribution >= 4 is 76.0 Å². The van der Waals surface area contributed by atoms with Crippen molar-refractivity contribution in [2.24, 2.45) is 11.8 Å². The largest absolute Gasteiger partial charge is 0.481 e. The number of benzene rings is 2. The van der Waals surface area contributed by atoms with Crippen LogP contribution >= 0.6 is 0 Å². The standard InChI is InChI=1S/C50H74N10O16.Th/c1-51-39-25-33(24-35-6-2-3-7-36(35)39)26-40(47(71)52-15-5-4-8-37(48(72)73)55-50(76)56-38(49(74)75)13-14-42(62)63)54-46(70)34-11-9-32(10-12-34)27-53-41(61)28-57-16-18-58(29-43(64)65)20-22-60(31-45(68)69)23-21-59(19-17-57)30-44(66)67;/h2-3,6-7,24-25,32,34,37-38,40,51H,4-5,8-23,26-31H2,1H3,(H,52,71)(H,53,61)(H,54,70)(H,62,63)(H,64,65)(H,66,67)(H,68,69)(H,72,73)(H,74,75)(H2,55,56,76);/t32?,34?,37-,38-,40+;/m0./s1/i;1-5. The first kappa shape index (κ1) is 65.4. The first-order chi connectivity index (χ1) is 36.2. The number of nitrogens with one attached hydrogen (secondary N) is 6. The molecule has 2 aromatic rings. The molecule has 27 heteroatoms. The first-order valence-electron chi connectivity index (χ1n) is 25.5. The third-order valence-electron chi connectivity index (χ3n) is 13.5. The Balaban J connectivity index is 0.0000156. The van der Waals surface area contributed by atoms with Crippen LogP contribution in [-0.4, -0.2) is 227 Å². The molecule has 0 spiro atoms. The van der Waals surface area contributed by atoms with Crippen LogP contribution in [0.5, 0.6) is 0 Å². The van der Waals surface area contributed by atoms with Gasteiger partial charge in [-0.15, -0.1) is 0 Å². The number of amides is 5. The summed E-state index contributed by atoms with van der Waals surface area (Å²) in [6, 6.07) is 6.50. The minimum Gasteiger partial charge on any atom is -0.481 e. The molecular formula is C50H74N10O16Th. The van der Waals surface area contributed by atoms with Gasteiger partial charge in [-0.3, -0.25) is 53.2 Å². The molecule has 5 amide bonds. The Morgan fingerprint density at radius 3 is 1.58 bits per heavy atom. The molecule has 2 fully saturated rings. The minimum absolute atomic E-state index is 0. The van der Waals surface area contributed by atoms with Crippen molar-refractivity contribution in [1.29, 1.82) is 0 Å². The predicted molar refractivity (Wildman–Crippen MR) is 274 cm³/mol. The quantitative estimate of drug-likeness (QED) is 0.0485. The molecule has 0 radical (unpaired) electrons. The Morgan fingerprint density at radius 1 is 0.584 bits per heavy atom. The summed E-state index contributed by atoms with van der Waals surface area (Å²) in [6.07, 6.45) is 1.81. The first-order valence-corrected chi connectivity index (χ1v) is 25.5. The van der Waals surface area contributed by atoms with Crippen molar-refractivity contribution in [1.82, 2.24) is 46.2 Å². The zero-order valence-electron chi connectivity index (χ0n) is 43.4. The molecule has 424 valence electrons. The van der Waals surface area contributed by atoms with Crippen LogP contribution < -0.4 is 31.9 Å². The summed E-state index contributed by atoms with van der Waals surface area (Å²) >= 11 is 0. The molecule has 2 aliphatic rings. The smallest absolute Gasteiger partial charge is 0.326 e. The van der Waals surface area contributed by atoms with Crippen LogP contribution in [0, 0.1) is 51.8 Å². The molecule has 1 heterocycles. The van der Waals surface area contributed by atoms with Crippen molar-refractivity contribution in [2.75, 3.05) is 104 Å². The maximum absolute atomic E-state index is 13.9. The van der Waals surface area contributed by atoms with Crippen molar-refractivity contribution < 1.29 is 119 Å². The summed E-state index contributed by atoms with van der Waals surface area (Å²) in [6.45, 7) is 1.68. The summed E-state index contributed by atoms with van der Waals surface area (Å²) < 4.78 is 0. The van der Waals surface area contributed by atoms with Gasteiger partial charge in [-0.25, -0.2) is 14.4 Å². The zero-order valence-corrected chi connectivity index (χ0v) is 47.5. The number of carboxylic acid groups (broad SMARTS) is 6. The van der Waals surface area contributed by atoms with Gasteiger partial charge in [0.15, 0.2) is 0 Å². The number of hydrogen-bond donors (Lipinski definition) is 12.